The third-order valence-electron chi connectivity index (χ3n) is 4.88. The molecule has 27 heavy (non-hydrogen) atoms. The van der Waals surface area contributed by atoms with Crippen LogP contribution in [-0.2, 0) is 10.2 Å². The lowest BCUT2D eigenvalue weighted by atomic mass is 9.75. The summed E-state index contributed by atoms with van der Waals surface area (Å²) in [7, 11) is 1.76. The van der Waals surface area contributed by atoms with Crippen molar-refractivity contribution >= 4 is 68.5 Å². The summed E-state index contributed by atoms with van der Waals surface area (Å²) in [6, 6.07) is 12.1. The Labute approximate surface area is 192 Å². The van der Waals surface area contributed by atoms with E-state index in [1.165, 1.54) is 5.56 Å². The van der Waals surface area contributed by atoms with Crippen molar-refractivity contribution in [2.45, 2.75) is 25.7 Å². The van der Waals surface area contributed by atoms with Gasteiger partial charge in [-0.05, 0) is 82.5 Å². The van der Waals surface area contributed by atoms with E-state index >= 15 is 0 Å². The van der Waals surface area contributed by atoms with Gasteiger partial charge >= 0.3 is 0 Å². The molecule has 6 heteroatoms. The molecule has 0 saturated carbocycles. The molecule has 1 unspecified atom stereocenters. The molecule has 2 aromatic carbocycles. The highest BCUT2D eigenvalue weighted by Crippen LogP contribution is 2.40. The molecule has 0 N–H and O–H groups in total. The van der Waals surface area contributed by atoms with Gasteiger partial charge in [-0.15, -0.1) is 0 Å². The van der Waals surface area contributed by atoms with Crippen molar-refractivity contribution in [1.82, 2.24) is 3.11 Å². The maximum absolute atomic E-state index is 12.3. The van der Waals surface area contributed by atoms with E-state index in [0.29, 0.717) is 6.61 Å². The van der Waals surface area contributed by atoms with Crippen LogP contribution in [0.25, 0.3) is 5.57 Å². The summed E-state index contributed by atoms with van der Waals surface area (Å²) in [6.45, 7) is 4.79. The summed E-state index contributed by atoms with van der Waals surface area (Å²) in [5.74, 6) is 0.00636. The van der Waals surface area contributed by atoms with Gasteiger partial charge in [0.05, 0.1) is 35.7 Å². The first-order chi connectivity index (χ1) is 12.7. The zero-order valence-corrected chi connectivity index (χ0v) is 20.4. The molecular formula is C21H20ClI2NO2. The number of hydrogen-bond donors (Lipinski definition) is 0. The first-order valence-electron chi connectivity index (χ1n) is 8.52. The summed E-state index contributed by atoms with van der Waals surface area (Å²) in [6.07, 6.45) is 2.69. The standard InChI is InChI=1S/C21H20ClI2NO2/c1-13-6-14(4-5-19(13)20(26)25(3)24)15-10-21(2,12-27-11-15)16-7-17(22)9-18(23)8-16/h4-9,11H,10,12H2,1-3H3. The SMILES string of the molecule is Cc1cc(C2=COCC(C)(c3cc(Cl)cc(I)c3)C2)ccc1C(=O)N(C)I. The molecule has 1 atom stereocenters. The third-order valence-corrected chi connectivity index (χ3v) is 6.15. The highest BCUT2D eigenvalue weighted by atomic mass is 127. The van der Waals surface area contributed by atoms with Crippen molar-refractivity contribution in [3.05, 3.63) is 73.5 Å². The van der Waals surface area contributed by atoms with E-state index in [1.807, 2.05) is 60.3 Å². The van der Waals surface area contributed by atoms with Gasteiger partial charge in [0, 0.05) is 26.6 Å². The van der Waals surface area contributed by atoms with E-state index in [4.69, 9.17) is 16.3 Å². The first-order valence-corrected chi connectivity index (χ1v) is 10.9. The number of carbonyl (C=O) groups is 1. The zero-order chi connectivity index (χ0) is 19.8. The lowest BCUT2D eigenvalue weighted by molar-refractivity contribution is 0.0905. The Morgan fingerprint density at radius 3 is 2.63 bits per heavy atom. The molecule has 1 amide bonds. The number of benzene rings is 2. The smallest absolute Gasteiger partial charge is 0.262 e. The van der Waals surface area contributed by atoms with Crippen LogP contribution < -0.4 is 0 Å². The molecule has 3 rings (SSSR count). The minimum atomic E-state index is -0.153. The number of aryl methyl sites for hydroxylation is 1. The minimum Gasteiger partial charge on any atom is -0.500 e. The number of ether oxygens (including phenoxy) is 1. The maximum Gasteiger partial charge on any atom is 0.262 e. The average Bonchev–Trinajstić information content (AvgIpc) is 2.60. The van der Waals surface area contributed by atoms with Crippen molar-refractivity contribution in [3.63, 3.8) is 0 Å². The first kappa shape index (κ1) is 20.9. The second kappa shape index (κ2) is 8.29. The third kappa shape index (κ3) is 4.62. The fourth-order valence-electron chi connectivity index (χ4n) is 3.37. The molecule has 0 spiro atoms. The van der Waals surface area contributed by atoms with Gasteiger partial charge in [0.1, 0.15) is 0 Å². The van der Waals surface area contributed by atoms with Crippen LogP contribution in [0.1, 0.15) is 40.4 Å². The molecule has 3 nitrogen and oxygen atoms in total. The Balaban J connectivity index is 1.91. The predicted octanol–water partition coefficient (Wildman–Crippen LogP) is 6.39. The molecular weight excluding hydrogens is 587 g/mol. The van der Waals surface area contributed by atoms with Gasteiger partial charge in [0.2, 0.25) is 0 Å². The van der Waals surface area contributed by atoms with Crippen molar-refractivity contribution in [2.75, 3.05) is 13.7 Å². The lowest BCUT2D eigenvalue weighted by Gasteiger charge is -2.34. The van der Waals surface area contributed by atoms with Gasteiger partial charge in [-0.3, -0.25) is 7.91 Å². The summed E-state index contributed by atoms with van der Waals surface area (Å²) in [5.41, 5.74) is 4.93. The van der Waals surface area contributed by atoms with Gasteiger partial charge in [0.15, 0.2) is 0 Å². The van der Waals surface area contributed by atoms with Crippen LogP contribution in [0.4, 0.5) is 0 Å². The van der Waals surface area contributed by atoms with Crippen LogP contribution in [0.15, 0.2) is 42.7 Å². The topological polar surface area (TPSA) is 29.5 Å². The van der Waals surface area contributed by atoms with Gasteiger partial charge in [-0.25, -0.2) is 0 Å². The molecule has 0 saturated heterocycles. The van der Waals surface area contributed by atoms with Crippen molar-refractivity contribution < 1.29 is 9.53 Å². The van der Waals surface area contributed by atoms with Gasteiger partial charge in [0.25, 0.3) is 5.91 Å². The van der Waals surface area contributed by atoms with Gasteiger partial charge < -0.3 is 4.74 Å². The molecule has 1 heterocycles. The molecule has 0 radical (unpaired) electrons. The highest BCUT2D eigenvalue weighted by Gasteiger charge is 2.33. The fourth-order valence-corrected chi connectivity index (χ4v) is 4.72. The Morgan fingerprint density at radius 2 is 2.00 bits per heavy atom. The Bertz CT molecular complexity index is 906. The van der Waals surface area contributed by atoms with Crippen LogP contribution >= 0.6 is 57.1 Å². The quantitative estimate of drug-likeness (QED) is 0.299. The highest BCUT2D eigenvalue weighted by molar-refractivity contribution is 14.1. The van der Waals surface area contributed by atoms with E-state index in [0.717, 1.165) is 37.3 Å². The number of hydrogen-bond acceptors (Lipinski definition) is 2. The molecule has 0 aromatic heterocycles. The van der Waals surface area contributed by atoms with Crippen LogP contribution in [0.2, 0.25) is 5.02 Å². The number of carbonyl (C=O) groups excluding carboxylic acids is 1. The van der Waals surface area contributed by atoms with Crippen molar-refractivity contribution in [2.24, 2.45) is 0 Å². The van der Waals surface area contributed by atoms with E-state index < -0.39 is 0 Å². The zero-order valence-electron chi connectivity index (χ0n) is 15.4. The van der Waals surface area contributed by atoms with E-state index in [9.17, 15) is 4.79 Å². The van der Waals surface area contributed by atoms with Crippen molar-refractivity contribution in [3.8, 4) is 0 Å². The summed E-state index contributed by atoms with van der Waals surface area (Å²) >= 11 is 10.6. The van der Waals surface area contributed by atoms with E-state index in [-0.39, 0.29) is 11.3 Å². The Morgan fingerprint density at radius 1 is 1.26 bits per heavy atom. The van der Waals surface area contributed by atoms with Crippen LogP contribution in [-0.4, -0.2) is 22.7 Å². The van der Waals surface area contributed by atoms with E-state index in [1.54, 1.807) is 10.2 Å². The summed E-state index contributed by atoms with van der Waals surface area (Å²) < 4.78 is 8.55. The minimum absolute atomic E-state index is 0.00636. The summed E-state index contributed by atoms with van der Waals surface area (Å²) in [5, 5.41) is 0.746. The van der Waals surface area contributed by atoms with Gasteiger partial charge in [-0.1, -0.05) is 30.7 Å². The number of halogens is 3. The molecule has 0 aliphatic carbocycles. The van der Waals surface area contributed by atoms with Gasteiger partial charge in [-0.2, -0.15) is 0 Å². The number of allylic oxidation sites excluding steroid dienone is 1. The molecule has 1 aliphatic heterocycles. The normalized spacial score (nSPS) is 19.3. The Kier molecular flexibility index (Phi) is 6.42. The van der Waals surface area contributed by atoms with Crippen LogP contribution in [0, 0.1) is 10.5 Å². The fraction of sp³-hybridized carbons (Fsp3) is 0.286. The molecule has 1 aliphatic rings. The van der Waals surface area contributed by atoms with E-state index in [2.05, 4.69) is 41.6 Å². The van der Waals surface area contributed by atoms with Crippen LogP contribution in [0.5, 0.6) is 0 Å². The van der Waals surface area contributed by atoms with Crippen LogP contribution in [0.3, 0.4) is 0 Å². The second-order valence-electron chi connectivity index (χ2n) is 7.16. The summed E-state index contributed by atoms with van der Waals surface area (Å²) in [4.78, 5) is 12.3. The number of amides is 1. The molecule has 142 valence electrons. The van der Waals surface area contributed by atoms with Crippen molar-refractivity contribution in [1.29, 1.82) is 0 Å². The molecule has 0 bridgehead atoms. The maximum atomic E-state index is 12.3. The Hall–Kier alpha value is -0.800. The number of nitrogens with zero attached hydrogens (tertiary/aromatic N) is 1. The lowest BCUT2D eigenvalue weighted by Crippen LogP contribution is -2.31. The molecule has 0 fully saturated rings. The number of rotatable bonds is 3. The molecule has 2 aromatic rings. The second-order valence-corrected chi connectivity index (χ2v) is 10.3. The average molecular weight is 608 g/mol. The predicted molar refractivity (Wildman–Crippen MR) is 127 cm³/mol. The monoisotopic (exact) mass is 607 g/mol. The largest absolute Gasteiger partial charge is 0.500 e.